The Hall–Kier alpha value is -0.930. The fraction of sp³-hybridized carbons (Fsp3) is 0.588. The fourth-order valence-corrected chi connectivity index (χ4v) is 2.49. The van der Waals surface area contributed by atoms with Crippen molar-refractivity contribution in [1.82, 2.24) is 15.5 Å². The predicted molar refractivity (Wildman–Crippen MR) is 106 cm³/mol. The highest BCUT2D eigenvalue weighted by atomic mass is 127. The maximum Gasteiger partial charge on any atom is 0.191 e. The predicted octanol–water partition coefficient (Wildman–Crippen LogP) is 2.22. The molecule has 5 nitrogen and oxygen atoms in total. The van der Waals surface area contributed by atoms with Crippen LogP contribution in [-0.4, -0.2) is 56.3 Å². The summed E-state index contributed by atoms with van der Waals surface area (Å²) < 4.78 is 18.3. The van der Waals surface area contributed by atoms with Gasteiger partial charge < -0.3 is 15.4 Å². The van der Waals surface area contributed by atoms with Crippen LogP contribution in [0.4, 0.5) is 4.39 Å². The minimum absolute atomic E-state index is 0. The van der Waals surface area contributed by atoms with E-state index in [1.54, 1.807) is 12.1 Å². The summed E-state index contributed by atoms with van der Waals surface area (Å²) in [6, 6.07) is 6.88. The topological polar surface area (TPSA) is 48.9 Å². The molecule has 0 radical (unpaired) electrons. The summed E-state index contributed by atoms with van der Waals surface area (Å²) in [4.78, 5) is 6.98. The van der Waals surface area contributed by atoms with Crippen LogP contribution in [0.25, 0.3) is 0 Å². The normalized spacial score (nSPS) is 17.0. The van der Waals surface area contributed by atoms with E-state index in [1.807, 2.05) is 6.92 Å². The lowest BCUT2D eigenvalue weighted by molar-refractivity contribution is 0.0211. The van der Waals surface area contributed by atoms with E-state index in [0.29, 0.717) is 12.6 Å². The van der Waals surface area contributed by atoms with E-state index in [1.165, 1.54) is 12.1 Å². The van der Waals surface area contributed by atoms with Gasteiger partial charge in [-0.25, -0.2) is 9.38 Å². The molecule has 2 N–H and O–H groups in total. The number of nitrogens with zero attached hydrogens (tertiary/aromatic N) is 2. The van der Waals surface area contributed by atoms with Crippen LogP contribution in [0.5, 0.6) is 0 Å². The maximum absolute atomic E-state index is 12.9. The lowest BCUT2D eigenvalue weighted by Crippen LogP contribution is -2.49. The largest absolute Gasteiger partial charge is 0.379 e. The molecular formula is C17H28FIN4O. The second-order valence-corrected chi connectivity index (χ2v) is 5.70. The van der Waals surface area contributed by atoms with Crippen LogP contribution in [0.1, 0.15) is 19.4 Å². The van der Waals surface area contributed by atoms with Crippen LogP contribution >= 0.6 is 24.0 Å². The molecule has 1 heterocycles. The molecule has 2 rings (SSSR count). The monoisotopic (exact) mass is 450 g/mol. The highest BCUT2D eigenvalue weighted by Crippen LogP contribution is 2.04. The Kier molecular flexibility index (Phi) is 10.2. The molecule has 1 aliphatic heterocycles. The lowest BCUT2D eigenvalue weighted by Gasteiger charge is -2.32. The smallest absolute Gasteiger partial charge is 0.191 e. The number of nitrogens with one attached hydrogen (secondary N) is 2. The second kappa shape index (κ2) is 11.6. The quantitative estimate of drug-likeness (QED) is 0.397. The summed E-state index contributed by atoms with van der Waals surface area (Å²) >= 11 is 0. The molecule has 1 unspecified atom stereocenters. The first-order valence-corrected chi connectivity index (χ1v) is 8.27. The zero-order valence-electron chi connectivity index (χ0n) is 14.4. The Labute approximate surface area is 161 Å². The van der Waals surface area contributed by atoms with E-state index in [-0.39, 0.29) is 29.8 Å². The van der Waals surface area contributed by atoms with E-state index in [4.69, 9.17) is 4.74 Å². The maximum atomic E-state index is 12.9. The van der Waals surface area contributed by atoms with Crippen LogP contribution in [0.15, 0.2) is 29.3 Å². The van der Waals surface area contributed by atoms with Gasteiger partial charge in [0, 0.05) is 32.2 Å². The number of hydrogen-bond donors (Lipinski definition) is 2. The van der Waals surface area contributed by atoms with E-state index >= 15 is 0 Å². The van der Waals surface area contributed by atoms with Crippen LogP contribution in [0.2, 0.25) is 0 Å². The molecule has 0 aromatic heterocycles. The van der Waals surface area contributed by atoms with Crippen LogP contribution in [-0.2, 0) is 11.3 Å². The summed E-state index contributed by atoms with van der Waals surface area (Å²) in [6.45, 7) is 9.99. The third-order valence-corrected chi connectivity index (χ3v) is 3.91. The Morgan fingerprint density at radius 1 is 1.25 bits per heavy atom. The van der Waals surface area contributed by atoms with Crippen molar-refractivity contribution in [2.45, 2.75) is 26.4 Å². The first-order chi connectivity index (χ1) is 11.2. The van der Waals surface area contributed by atoms with Gasteiger partial charge in [0.1, 0.15) is 5.82 Å². The van der Waals surface area contributed by atoms with Gasteiger partial charge in [-0.2, -0.15) is 0 Å². The molecule has 136 valence electrons. The number of morpholine rings is 1. The molecule has 0 saturated carbocycles. The number of rotatable bonds is 6. The molecule has 1 fully saturated rings. The molecule has 1 atom stereocenters. The minimum atomic E-state index is -0.220. The van der Waals surface area contributed by atoms with E-state index in [9.17, 15) is 4.39 Å². The van der Waals surface area contributed by atoms with Crippen LogP contribution in [0.3, 0.4) is 0 Å². The first kappa shape index (κ1) is 21.1. The molecule has 1 aromatic carbocycles. The van der Waals surface area contributed by atoms with Gasteiger partial charge in [-0.05, 0) is 31.5 Å². The van der Waals surface area contributed by atoms with Crippen molar-refractivity contribution in [3.8, 4) is 0 Å². The van der Waals surface area contributed by atoms with Gasteiger partial charge in [0.05, 0.1) is 19.8 Å². The van der Waals surface area contributed by atoms with Gasteiger partial charge >= 0.3 is 0 Å². The van der Waals surface area contributed by atoms with Gasteiger partial charge in [-0.15, -0.1) is 24.0 Å². The summed E-state index contributed by atoms with van der Waals surface area (Å²) in [7, 11) is 0. The third kappa shape index (κ3) is 7.31. The number of ether oxygens (including phenoxy) is 1. The molecule has 0 spiro atoms. The Bertz CT molecular complexity index is 492. The summed E-state index contributed by atoms with van der Waals surface area (Å²) in [5.41, 5.74) is 0.991. The molecule has 1 aromatic rings. The zero-order chi connectivity index (χ0) is 16.5. The van der Waals surface area contributed by atoms with Crippen molar-refractivity contribution in [3.63, 3.8) is 0 Å². The van der Waals surface area contributed by atoms with Gasteiger partial charge in [0.25, 0.3) is 0 Å². The molecular weight excluding hydrogens is 422 g/mol. The lowest BCUT2D eigenvalue weighted by atomic mass is 10.2. The van der Waals surface area contributed by atoms with Crippen molar-refractivity contribution >= 4 is 29.9 Å². The molecule has 0 aliphatic carbocycles. The Morgan fingerprint density at radius 3 is 2.54 bits per heavy atom. The fourth-order valence-electron chi connectivity index (χ4n) is 2.49. The van der Waals surface area contributed by atoms with Gasteiger partial charge in [0.15, 0.2) is 5.96 Å². The van der Waals surface area contributed by atoms with Gasteiger partial charge in [0.2, 0.25) is 0 Å². The number of aliphatic imine (C=N–C) groups is 1. The minimum Gasteiger partial charge on any atom is -0.379 e. The summed E-state index contributed by atoms with van der Waals surface area (Å²) in [6.07, 6.45) is 0. The van der Waals surface area contributed by atoms with Crippen LogP contribution in [0, 0.1) is 5.82 Å². The Balaban J connectivity index is 0.00000288. The number of benzene rings is 1. The van der Waals surface area contributed by atoms with Crippen molar-refractivity contribution in [2.75, 3.05) is 39.4 Å². The molecule has 7 heteroatoms. The van der Waals surface area contributed by atoms with Gasteiger partial charge in [-0.1, -0.05) is 12.1 Å². The average molecular weight is 450 g/mol. The van der Waals surface area contributed by atoms with Crippen molar-refractivity contribution < 1.29 is 9.13 Å². The third-order valence-electron chi connectivity index (χ3n) is 3.91. The first-order valence-electron chi connectivity index (χ1n) is 8.27. The van der Waals surface area contributed by atoms with E-state index < -0.39 is 0 Å². The Morgan fingerprint density at radius 2 is 1.92 bits per heavy atom. The van der Waals surface area contributed by atoms with Crippen molar-refractivity contribution in [1.29, 1.82) is 0 Å². The molecule has 0 bridgehead atoms. The number of halogens is 2. The summed E-state index contributed by atoms with van der Waals surface area (Å²) in [5, 5.41) is 6.63. The van der Waals surface area contributed by atoms with E-state index in [2.05, 4.69) is 27.4 Å². The zero-order valence-corrected chi connectivity index (χ0v) is 16.8. The highest BCUT2D eigenvalue weighted by Gasteiger charge is 2.16. The molecule has 0 amide bonds. The van der Waals surface area contributed by atoms with Crippen LogP contribution < -0.4 is 10.6 Å². The number of guanidine groups is 1. The van der Waals surface area contributed by atoms with Crippen molar-refractivity contribution in [3.05, 3.63) is 35.6 Å². The molecule has 1 saturated heterocycles. The molecule has 1 aliphatic rings. The SMILES string of the molecule is CCNC(=NCc1ccc(F)cc1)NCC(C)N1CCOCC1.I. The second-order valence-electron chi connectivity index (χ2n) is 5.70. The number of hydrogen-bond acceptors (Lipinski definition) is 3. The van der Waals surface area contributed by atoms with Crippen molar-refractivity contribution in [2.24, 2.45) is 4.99 Å². The van der Waals surface area contributed by atoms with Gasteiger partial charge in [-0.3, -0.25) is 4.90 Å². The highest BCUT2D eigenvalue weighted by molar-refractivity contribution is 14.0. The molecule has 24 heavy (non-hydrogen) atoms. The summed E-state index contributed by atoms with van der Waals surface area (Å²) in [5.74, 6) is 0.569. The average Bonchev–Trinajstić information content (AvgIpc) is 2.59. The van der Waals surface area contributed by atoms with E-state index in [0.717, 1.165) is 50.9 Å². The standard InChI is InChI=1S/C17H27FN4O.HI/c1-3-19-17(21-13-15-4-6-16(18)7-5-15)20-12-14(2)22-8-10-23-11-9-22;/h4-7,14H,3,8-13H2,1-2H3,(H2,19,20,21);1H.